The third-order valence-electron chi connectivity index (χ3n) is 3.13. The lowest BCUT2D eigenvalue weighted by Crippen LogP contribution is -2.29. The maximum Gasteiger partial charge on any atom is 0.0874 e. The SMILES string of the molecule is CC(C)(C)C1CCC[C@H]2O[C@@H]12. The molecule has 11 heavy (non-hydrogen) atoms. The molecule has 1 aliphatic carbocycles. The summed E-state index contributed by atoms with van der Waals surface area (Å²) in [5.41, 5.74) is 0.458. The fourth-order valence-electron chi connectivity index (χ4n) is 2.37. The molecule has 1 saturated carbocycles. The zero-order chi connectivity index (χ0) is 8.06. The van der Waals surface area contributed by atoms with E-state index in [4.69, 9.17) is 4.74 Å². The molecule has 1 heterocycles. The van der Waals surface area contributed by atoms with E-state index >= 15 is 0 Å². The lowest BCUT2D eigenvalue weighted by molar-refractivity contribution is 0.172. The Kier molecular flexibility index (Phi) is 1.54. The Morgan fingerprint density at radius 2 is 1.91 bits per heavy atom. The summed E-state index contributed by atoms with van der Waals surface area (Å²) >= 11 is 0. The van der Waals surface area contributed by atoms with Crippen molar-refractivity contribution in [2.45, 2.75) is 52.2 Å². The number of ether oxygens (including phenoxy) is 1. The summed E-state index contributed by atoms with van der Waals surface area (Å²) in [7, 11) is 0. The van der Waals surface area contributed by atoms with Crippen LogP contribution in [-0.2, 0) is 4.74 Å². The van der Waals surface area contributed by atoms with E-state index in [0.29, 0.717) is 17.6 Å². The second-order valence-electron chi connectivity index (χ2n) is 5.04. The van der Waals surface area contributed by atoms with Crippen LogP contribution in [0.3, 0.4) is 0 Å². The van der Waals surface area contributed by atoms with Gasteiger partial charge in [0, 0.05) is 0 Å². The molecule has 0 bridgehead atoms. The molecule has 0 aromatic rings. The predicted octanol–water partition coefficient (Wildman–Crippen LogP) is 2.60. The van der Waals surface area contributed by atoms with Crippen molar-refractivity contribution in [3.8, 4) is 0 Å². The van der Waals surface area contributed by atoms with Gasteiger partial charge in [0.25, 0.3) is 0 Å². The molecule has 0 amide bonds. The van der Waals surface area contributed by atoms with E-state index in [9.17, 15) is 0 Å². The molecule has 0 radical (unpaired) electrons. The van der Waals surface area contributed by atoms with Crippen molar-refractivity contribution >= 4 is 0 Å². The highest BCUT2D eigenvalue weighted by atomic mass is 16.6. The molecular weight excluding hydrogens is 136 g/mol. The average molecular weight is 154 g/mol. The Labute approximate surface area is 69.1 Å². The summed E-state index contributed by atoms with van der Waals surface area (Å²) in [5, 5.41) is 0. The normalized spacial score (nSPS) is 43.4. The van der Waals surface area contributed by atoms with Gasteiger partial charge < -0.3 is 4.74 Å². The van der Waals surface area contributed by atoms with E-state index in [2.05, 4.69) is 20.8 Å². The molecule has 1 nitrogen and oxygen atoms in total. The second kappa shape index (κ2) is 2.22. The highest BCUT2D eigenvalue weighted by molar-refractivity contribution is 4.98. The molecule has 64 valence electrons. The standard InChI is InChI=1S/C10H18O/c1-10(2,3)7-5-4-6-8-9(7)11-8/h7-9H,4-6H2,1-3H3/t7?,8-,9+/m1/s1. The first-order chi connectivity index (χ1) is 5.09. The summed E-state index contributed by atoms with van der Waals surface area (Å²) < 4.78 is 5.62. The maximum absolute atomic E-state index is 5.62. The van der Waals surface area contributed by atoms with Crippen LogP contribution in [0.5, 0.6) is 0 Å². The van der Waals surface area contributed by atoms with Crippen molar-refractivity contribution in [2.75, 3.05) is 0 Å². The molecule has 2 fully saturated rings. The van der Waals surface area contributed by atoms with Gasteiger partial charge >= 0.3 is 0 Å². The topological polar surface area (TPSA) is 12.5 Å². The summed E-state index contributed by atoms with van der Waals surface area (Å²) in [6.45, 7) is 7.01. The molecule has 3 atom stereocenters. The van der Waals surface area contributed by atoms with E-state index in [1.54, 1.807) is 0 Å². The van der Waals surface area contributed by atoms with Crippen LogP contribution >= 0.6 is 0 Å². The third-order valence-corrected chi connectivity index (χ3v) is 3.13. The van der Waals surface area contributed by atoms with Crippen LogP contribution in [0.1, 0.15) is 40.0 Å². The largest absolute Gasteiger partial charge is 0.369 e. The lowest BCUT2D eigenvalue weighted by Gasteiger charge is -2.31. The van der Waals surface area contributed by atoms with E-state index in [1.165, 1.54) is 19.3 Å². The van der Waals surface area contributed by atoms with Crippen LogP contribution in [0, 0.1) is 11.3 Å². The highest BCUT2D eigenvalue weighted by Crippen LogP contribution is 2.48. The minimum atomic E-state index is 0.458. The van der Waals surface area contributed by atoms with Crippen LogP contribution in [-0.4, -0.2) is 12.2 Å². The average Bonchev–Trinajstić information content (AvgIpc) is 2.60. The van der Waals surface area contributed by atoms with Gasteiger partial charge in [-0.1, -0.05) is 27.2 Å². The molecule has 1 heteroatoms. The van der Waals surface area contributed by atoms with Gasteiger partial charge in [-0.05, 0) is 24.2 Å². The summed E-state index contributed by atoms with van der Waals surface area (Å²) in [6.07, 6.45) is 5.35. The highest BCUT2D eigenvalue weighted by Gasteiger charge is 2.50. The van der Waals surface area contributed by atoms with Gasteiger partial charge in [-0.15, -0.1) is 0 Å². The van der Waals surface area contributed by atoms with Gasteiger partial charge in [0.2, 0.25) is 0 Å². The predicted molar refractivity (Wildman–Crippen MR) is 45.5 cm³/mol. The Morgan fingerprint density at radius 1 is 1.18 bits per heavy atom. The van der Waals surface area contributed by atoms with Gasteiger partial charge in [-0.2, -0.15) is 0 Å². The van der Waals surface area contributed by atoms with Crippen molar-refractivity contribution in [2.24, 2.45) is 11.3 Å². The molecule has 2 rings (SSSR count). The molecule has 1 aliphatic heterocycles. The first kappa shape index (κ1) is 7.60. The fraction of sp³-hybridized carbons (Fsp3) is 1.00. The quantitative estimate of drug-likeness (QED) is 0.489. The van der Waals surface area contributed by atoms with Crippen LogP contribution < -0.4 is 0 Å². The second-order valence-corrected chi connectivity index (χ2v) is 5.04. The van der Waals surface area contributed by atoms with Gasteiger partial charge in [0.15, 0.2) is 0 Å². The van der Waals surface area contributed by atoms with Crippen molar-refractivity contribution < 1.29 is 4.74 Å². The summed E-state index contributed by atoms with van der Waals surface area (Å²) in [6, 6.07) is 0. The minimum absolute atomic E-state index is 0.458. The Morgan fingerprint density at radius 3 is 2.45 bits per heavy atom. The van der Waals surface area contributed by atoms with Crippen LogP contribution in [0.2, 0.25) is 0 Å². The molecule has 2 aliphatic rings. The lowest BCUT2D eigenvalue weighted by atomic mass is 9.72. The Bertz CT molecular complexity index is 157. The van der Waals surface area contributed by atoms with Crippen molar-refractivity contribution in [3.05, 3.63) is 0 Å². The van der Waals surface area contributed by atoms with Crippen LogP contribution in [0.4, 0.5) is 0 Å². The molecule has 0 aromatic heterocycles. The van der Waals surface area contributed by atoms with Crippen molar-refractivity contribution in [1.82, 2.24) is 0 Å². The molecule has 1 unspecified atom stereocenters. The van der Waals surface area contributed by atoms with Crippen LogP contribution in [0.25, 0.3) is 0 Å². The van der Waals surface area contributed by atoms with Crippen molar-refractivity contribution in [3.63, 3.8) is 0 Å². The number of hydrogen-bond donors (Lipinski definition) is 0. The number of epoxide rings is 1. The first-order valence-corrected chi connectivity index (χ1v) is 4.74. The minimum Gasteiger partial charge on any atom is -0.369 e. The molecule has 0 spiro atoms. The van der Waals surface area contributed by atoms with E-state index in [0.717, 1.165) is 5.92 Å². The van der Waals surface area contributed by atoms with Gasteiger partial charge in [-0.3, -0.25) is 0 Å². The van der Waals surface area contributed by atoms with Gasteiger partial charge in [0.05, 0.1) is 12.2 Å². The zero-order valence-electron chi connectivity index (χ0n) is 7.76. The first-order valence-electron chi connectivity index (χ1n) is 4.74. The number of rotatable bonds is 0. The third kappa shape index (κ3) is 1.31. The Balaban J connectivity index is 2.03. The van der Waals surface area contributed by atoms with Gasteiger partial charge in [-0.25, -0.2) is 0 Å². The maximum atomic E-state index is 5.62. The van der Waals surface area contributed by atoms with Crippen LogP contribution in [0.15, 0.2) is 0 Å². The number of hydrogen-bond acceptors (Lipinski definition) is 1. The summed E-state index contributed by atoms with van der Waals surface area (Å²) in [5.74, 6) is 0.821. The molecule has 0 aromatic carbocycles. The molecular formula is C10H18O. The Hall–Kier alpha value is -0.0400. The zero-order valence-corrected chi connectivity index (χ0v) is 7.76. The van der Waals surface area contributed by atoms with E-state index in [-0.39, 0.29) is 0 Å². The fourth-order valence-corrected chi connectivity index (χ4v) is 2.37. The van der Waals surface area contributed by atoms with E-state index in [1.807, 2.05) is 0 Å². The monoisotopic (exact) mass is 154 g/mol. The van der Waals surface area contributed by atoms with Gasteiger partial charge in [0.1, 0.15) is 0 Å². The molecule has 0 N–H and O–H groups in total. The smallest absolute Gasteiger partial charge is 0.0874 e. The molecule has 1 saturated heterocycles. The van der Waals surface area contributed by atoms with Crippen molar-refractivity contribution in [1.29, 1.82) is 0 Å². The number of fused-ring (bicyclic) bond motifs is 1. The van der Waals surface area contributed by atoms with E-state index < -0.39 is 0 Å². The summed E-state index contributed by atoms with van der Waals surface area (Å²) in [4.78, 5) is 0.